The third kappa shape index (κ3) is 4.79. The van der Waals surface area contributed by atoms with Crippen molar-refractivity contribution in [2.75, 3.05) is 0 Å². The highest BCUT2D eigenvalue weighted by Crippen LogP contribution is 2.33. The minimum absolute atomic E-state index is 0.175. The van der Waals surface area contributed by atoms with Gasteiger partial charge in [0.05, 0.1) is 5.56 Å². The monoisotopic (exact) mass is 348 g/mol. The van der Waals surface area contributed by atoms with E-state index in [0.29, 0.717) is 24.5 Å². The van der Waals surface area contributed by atoms with Crippen LogP contribution < -0.4 is 0 Å². The highest BCUT2D eigenvalue weighted by molar-refractivity contribution is 5.89. The van der Waals surface area contributed by atoms with E-state index in [1.165, 1.54) is 12.1 Å². The lowest BCUT2D eigenvalue weighted by atomic mass is 9.87. The molecule has 0 aliphatic heterocycles. The van der Waals surface area contributed by atoms with Crippen LogP contribution in [0.5, 0.6) is 0 Å². The Labute approximate surface area is 136 Å². The summed E-state index contributed by atoms with van der Waals surface area (Å²) in [7, 11) is 0. The lowest BCUT2D eigenvalue weighted by Gasteiger charge is -2.26. The van der Waals surface area contributed by atoms with Crippen molar-refractivity contribution in [1.29, 1.82) is 0 Å². The molecule has 1 aliphatic carbocycles. The second-order valence-electron chi connectivity index (χ2n) is 5.94. The summed E-state index contributed by atoms with van der Waals surface area (Å²) in [5, 5.41) is 0. The van der Waals surface area contributed by atoms with Gasteiger partial charge in [-0.05, 0) is 62.3 Å². The van der Waals surface area contributed by atoms with Gasteiger partial charge in [0.1, 0.15) is 11.9 Å². The van der Waals surface area contributed by atoms with Crippen LogP contribution >= 0.6 is 0 Å². The van der Waals surface area contributed by atoms with Crippen molar-refractivity contribution >= 4 is 5.97 Å². The maximum Gasteiger partial charge on any atom is 0.442 e. The molecule has 0 N–H and O–H groups in total. The number of benzene rings is 1. The number of carbonyl (C=O) groups excluding carboxylic acids is 1. The Bertz CT molecular complexity index is 628. The highest BCUT2D eigenvalue weighted by Gasteiger charge is 2.35. The fraction of sp³-hybridized carbons (Fsp3) is 0.471. The minimum Gasteiger partial charge on any atom is -0.459 e. The van der Waals surface area contributed by atoms with Gasteiger partial charge in [0.25, 0.3) is 0 Å². The first-order chi connectivity index (χ1) is 11.2. The number of ether oxygens (including phenoxy) is 1. The van der Waals surface area contributed by atoms with Gasteiger partial charge in [-0.25, -0.2) is 13.6 Å². The Balaban J connectivity index is 1.90. The van der Waals surface area contributed by atoms with Gasteiger partial charge in [0, 0.05) is 0 Å². The first kappa shape index (κ1) is 18.4. The van der Waals surface area contributed by atoms with E-state index in [9.17, 15) is 26.7 Å². The number of aryl methyl sites for hydroxylation is 1. The first-order valence-corrected chi connectivity index (χ1v) is 7.58. The molecule has 7 heteroatoms. The van der Waals surface area contributed by atoms with Gasteiger partial charge < -0.3 is 4.74 Å². The maximum atomic E-state index is 13.7. The second kappa shape index (κ2) is 7.32. The number of carbonyl (C=O) groups is 1. The number of rotatable bonds is 3. The molecule has 0 unspecified atom stereocenters. The molecule has 1 aromatic carbocycles. The predicted molar refractivity (Wildman–Crippen MR) is 77.5 cm³/mol. The van der Waals surface area contributed by atoms with E-state index in [2.05, 4.69) is 0 Å². The van der Waals surface area contributed by atoms with E-state index in [4.69, 9.17) is 4.74 Å². The van der Waals surface area contributed by atoms with Crippen molar-refractivity contribution in [1.82, 2.24) is 0 Å². The smallest absolute Gasteiger partial charge is 0.442 e. The van der Waals surface area contributed by atoms with E-state index < -0.39 is 35.8 Å². The highest BCUT2D eigenvalue weighted by atomic mass is 19.4. The van der Waals surface area contributed by atoms with Gasteiger partial charge in [0.15, 0.2) is 5.83 Å². The summed E-state index contributed by atoms with van der Waals surface area (Å²) >= 11 is 0. The minimum atomic E-state index is -4.97. The molecule has 0 spiro atoms. The summed E-state index contributed by atoms with van der Waals surface area (Å²) in [4.78, 5) is 12.0. The summed E-state index contributed by atoms with van der Waals surface area (Å²) in [6, 6.07) is 4.14. The fourth-order valence-corrected chi connectivity index (χ4v) is 2.68. The predicted octanol–water partition coefficient (Wildman–Crippen LogP) is 5.27. The Morgan fingerprint density at radius 3 is 2.38 bits per heavy atom. The van der Waals surface area contributed by atoms with Crippen LogP contribution in [0.15, 0.2) is 30.1 Å². The molecule has 2 rings (SSSR count). The molecule has 2 nitrogen and oxygen atoms in total. The summed E-state index contributed by atoms with van der Waals surface area (Å²) in [6.07, 6.45) is -3.71. The largest absolute Gasteiger partial charge is 0.459 e. The molecule has 24 heavy (non-hydrogen) atoms. The van der Waals surface area contributed by atoms with E-state index in [0.717, 1.165) is 0 Å². The Morgan fingerprint density at radius 1 is 1.21 bits per heavy atom. The molecule has 0 aromatic heterocycles. The van der Waals surface area contributed by atoms with Crippen molar-refractivity contribution in [2.24, 2.45) is 5.92 Å². The molecule has 0 amide bonds. The maximum absolute atomic E-state index is 13.7. The number of hydrogen-bond acceptors (Lipinski definition) is 2. The number of alkyl halides is 3. The summed E-state index contributed by atoms with van der Waals surface area (Å²) in [5.41, 5.74) is 0.494. The molecule has 1 fully saturated rings. The molecule has 132 valence electrons. The standard InChI is InChI=1S/C17H17F5O2/c1-10-2-7-13(14(18)8-10)16(23)24-12-5-3-11(4-6-12)9-15(19)17(20,21)22/h2,7-9,11-12H,3-6H2,1H3. The number of hydrogen-bond donors (Lipinski definition) is 0. The molecule has 1 aliphatic rings. The van der Waals surface area contributed by atoms with Crippen LogP contribution in [-0.4, -0.2) is 18.2 Å². The quantitative estimate of drug-likeness (QED) is 0.550. The van der Waals surface area contributed by atoms with E-state index in [1.807, 2.05) is 0 Å². The Kier molecular flexibility index (Phi) is 5.62. The van der Waals surface area contributed by atoms with E-state index in [1.54, 1.807) is 13.0 Å². The fourth-order valence-electron chi connectivity index (χ4n) is 2.68. The van der Waals surface area contributed by atoms with E-state index in [-0.39, 0.29) is 18.4 Å². The normalized spacial score (nSPS) is 22.3. The molecule has 1 aromatic rings. The van der Waals surface area contributed by atoms with Crippen LogP contribution in [0.25, 0.3) is 0 Å². The second-order valence-corrected chi connectivity index (χ2v) is 5.94. The molecule has 0 atom stereocenters. The van der Waals surface area contributed by atoms with Crippen molar-refractivity contribution in [3.05, 3.63) is 47.0 Å². The molecule has 1 saturated carbocycles. The van der Waals surface area contributed by atoms with Gasteiger partial charge in [-0.2, -0.15) is 13.2 Å². The number of halogens is 5. The van der Waals surface area contributed by atoms with Crippen molar-refractivity contribution in [2.45, 2.75) is 44.9 Å². The van der Waals surface area contributed by atoms with Crippen molar-refractivity contribution in [3.8, 4) is 0 Å². The molecule has 0 bridgehead atoms. The summed E-state index contributed by atoms with van der Waals surface area (Å²) in [6.45, 7) is 1.69. The lowest BCUT2D eigenvalue weighted by molar-refractivity contribution is -0.109. The summed E-state index contributed by atoms with van der Waals surface area (Å²) < 4.78 is 68.3. The Morgan fingerprint density at radius 2 is 1.83 bits per heavy atom. The molecule has 0 radical (unpaired) electrons. The molecular formula is C17H17F5O2. The van der Waals surface area contributed by atoms with Crippen LogP contribution in [0.4, 0.5) is 22.0 Å². The van der Waals surface area contributed by atoms with Gasteiger partial charge >= 0.3 is 12.1 Å². The van der Waals surface area contributed by atoms with Crippen LogP contribution in [0.2, 0.25) is 0 Å². The lowest BCUT2D eigenvalue weighted by Crippen LogP contribution is -2.25. The SMILES string of the molecule is Cc1ccc(C(=O)OC2CCC(C=C(F)C(F)(F)F)CC2)c(F)c1. The number of esters is 1. The zero-order valence-corrected chi connectivity index (χ0v) is 13.0. The molecular weight excluding hydrogens is 331 g/mol. The van der Waals surface area contributed by atoms with Crippen LogP contribution in [0.3, 0.4) is 0 Å². The van der Waals surface area contributed by atoms with Crippen LogP contribution in [0, 0.1) is 18.7 Å². The molecule has 0 saturated heterocycles. The van der Waals surface area contributed by atoms with Gasteiger partial charge in [-0.1, -0.05) is 6.07 Å². The third-order valence-corrected chi connectivity index (χ3v) is 3.99. The zero-order valence-electron chi connectivity index (χ0n) is 13.0. The van der Waals surface area contributed by atoms with Crippen LogP contribution in [0.1, 0.15) is 41.6 Å². The zero-order chi connectivity index (χ0) is 17.9. The van der Waals surface area contributed by atoms with Crippen molar-refractivity contribution < 1.29 is 31.5 Å². The topological polar surface area (TPSA) is 26.3 Å². The first-order valence-electron chi connectivity index (χ1n) is 7.58. The average Bonchev–Trinajstić information content (AvgIpc) is 2.48. The number of allylic oxidation sites excluding steroid dienone is 2. The van der Waals surface area contributed by atoms with Gasteiger partial charge in [0.2, 0.25) is 0 Å². The Hall–Kier alpha value is -1.92. The van der Waals surface area contributed by atoms with Crippen LogP contribution in [-0.2, 0) is 4.74 Å². The van der Waals surface area contributed by atoms with Gasteiger partial charge in [-0.15, -0.1) is 0 Å². The summed E-state index contributed by atoms with van der Waals surface area (Å²) in [5.74, 6) is -4.11. The van der Waals surface area contributed by atoms with Crippen molar-refractivity contribution in [3.63, 3.8) is 0 Å². The third-order valence-electron chi connectivity index (χ3n) is 3.99. The average molecular weight is 348 g/mol. The molecule has 0 heterocycles. The van der Waals surface area contributed by atoms with Gasteiger partial charge in [-0.3, -0.25) is 0 Å². The van der Waals surface area contributed by atoms with E-state index >= 15 is 0 Å².